The number of amides is 2. The van der Waals surface area contributed by atoms with Crippen LogP contribution in [0.25, 0.3) is 0 Å². The van der Waals surface area contributed by atoms with E-state index in [-0.39, 0.29) is 35.7 Å². The number of hydrogen-bond donors (Lipinski definition) is 0. The molecular weight excluding hydrogens is 300 g/mol. The number of hydrogen-bond acceptors (Lipinski definition) is 2. The number of likely N-dealkylation sites (N-methyl/N-ethyl adjacent to an activating group) is 2. The van der Waals surface area contributed by atoms with Gasteiger partial charge in [-0.25, -0.2) is 0 Å². The molecule has 1 saturated carbocycles. The van der Waals surface area contributed by atoms with Gasteiger partial charge in [-0.1, -0.05) is 61.4 Å². The minimum absolute atomic E-state index is 0.0944. The van der Waals surface area contributed by atoms with Gasteiger partial charge in [-0.2, -0.15) is 0 Å². The third kappa shape index (κ3) is 3.23. The summed E-state index contributed by atoms with van der Waals surface area (Å²) in [6.07, 6.45) is 19.5. The zero-order valence-electron chi connectivity index (χ0n) is 14.5. The molecule has 0 heterocycles. The van der Waals surface area contributed by atoms with Gasteiger partial charge in [0.25, 0.3) is 0 Å². The lowest BCUT2D eigenvalue weighted by Gasteiger charge is -2.43. The van der Waals surface area contributed by atoms with E-state index in [0.29, 0.717) is 0 Å². The SMILES string of the molecule is CN(C(=O)C1C=CC=C1)[C@@H]1CCCC[C@H]1N(C)C(=O)C1C=CC=C1. The smallest absolute Gasteiger partial charge is 0.233 e. The van der Waals surface area contributed by atoms with Crippen LogP contribution in [-0.4, -0.2) is 47.8 Å². The van der Waals surface area contributed by atoms with Crippen molar-refractivity contribution in [2.45, 2.75) is 37.8 Å². The highest BCUT2D eigenvalue weighted by atomic mass is 16.2. The Morgan fingerprint density at radius 1 is 0.708 bits per heavy atom. The highest BCUT2D eigenvalue weighted by Crippen LogP contribution is 2.29. The van der Waals surface area contributed by atoms with E-state index in [4.69, 9.17) is 0 Å². The Bertz CT molecular complexity index is 539. The van der Waals surface area contributed by atoms with Gasteiger partial charge in [0, 0.05) is 14.1 Å². The van der Waals surface area contributed by atoms with Crippen LogP contribution in [0, 0.1) is 11.8 Å². The molecule has 2 amide bonds. The molecule has 3 rings (SSSR count). The Morgan fingerprint density at radius 2 is 1.04 bits per heavy atom. The monoisotopic (exact) mass is 326 g/mol. The fourth-order valence-electron chi connectivity index (χ4n) is 3.99. The lowest BCUT2D eigenvalue weighted by atomic mass is 9.87. The summed E-state index contributed by atoms with van der Waals surface area (Å²) >= 11 is 0. The number of carbonyl (C=O) groups excluding carboxylic acids is 2. The molecular formula is C20H26N2O2. The summed E-state index contributed by atoms with van der Waals surface area (Å²) in [5.41, 5.74) is 0. The Hall–Kier alpha value is -2.10. The van der Waals surface area contributed by atoms with Crippen molar-refractivity contribution >= 4 is 11.8 Å². The van der Waals surface area contributed by atoms with Crippen molar-refractivity contribution in [3.63, 3.8) is 0 Å². The zero-order chi connectivity index (χ0) is 17.1. The van der Waals surface area contributed by atoms with E-state index < -0.39 is 0 Å². The minimum Gasteiger partial charge on any atom is -0.340 e. The van der Waals surface area contributed by atoms with Crippen molar-refractivity contribution in [2.75, 3.05) is 14.1 Å². The van der Waals surface area contributed by atoms with Crippen LogP contribution >= 0.6 is 0 Å². The van der Waals surface area contributed by atoms with Gasteiger partial charge in [0.05, 0.1) is 23.9 Å². The van der Waals surface area contributed by atoms with Gasteiger partial charge < -0.3 is 9.80 Å². The van der Waals surface area contributed by atoms with E-state index >= 15 is 0 Å². The van der Waals surface area contributed by atoms with Gasteiger partial charge in [0.15, 0.2) is 0 Å². The molecule has 0 aromatic carbocycles. The molecule has 0 spiro atoms. The first-order chi connectivity index (χ1) is 11.6. The van der Waals surface area contributed by atoms with Gasteiger partial charge in [0.1, 0.15) is 0 Å². The predicted octanol–water partition coefficient (Wildman–Crippen LogP) is 2.70. The van der Waals surface area contributed by atoms with Crippen LogP contribution in [0.1, 0.15) is 25.7 Å². The molecule has 4 nitrogen and oxygen atoms in total. The molecule has 0 radical (unpaired) electrons. The van der Waals surface area contributed by atoms with Crippen molar-refractivity contribution < 1.29 is 9.59 Å². The largest absolute Gasteiger partial charge is 0.340 e. The summed E-state index contributed by atoms with van der Waals surface area (Å²) in [5, 5.41) is 0. The van der Waals surface area contributed by atoms with Crippen LogP contribution in [0.2, 0.25) is 0 Å². The number of nitrogens with zero attached hydrogens (tertiary/aromatic N) is 2. The van der Waals surface area contributed by atoms with Crippen molar-refractivity contribution in [3.05, 3.63) is 48.6 Å². The molecule has 0 bridgehead atoms. The van der Waals surface area contributed by atoms with Crippen LogP contribution in [0.15, 0.2) is 48.6 Å². The molecule has 3 aliphatic rings. The summed E-state index contributed by atoms with van der Waals surface area (Å²) < 4.78 is 0. The minimum atomic E-state index is -0.153. The maximum Gasteiger partial charge on any atom is 0.233 e. The van der Waals surface area contributed by atoms with Crippen molar-refractivity contribution in [2.24, 2.45) is 11.8 Å². The van der Waals surface area contributed by atoms with E-state index in [9.17, 15) is 9.59 Å². The third-order valence-corrected chi connectivity index (χ3v) is 5.45. The van der Waals surface area contributed by atoms with Gasteiger partial charge in [-0.05, 0) is 12.8 Å². The van der Waals surface area contributed by atoms with E-state index in [1.54, 1.807) is 0 Å². The maximum absolute atomic E-state index is 12.7. The quantitative estimate of drug-likeness (QED) is 0.797. The maximum atomic E-state index is 12.7. The van der Waals surface area contributed by atoms with E-state index in [0.717, 1.165) is 25.7 Å². The molecule has 4 heteroatoms. The number of carbonyl (C=O) groups is 2. The van der Waals surface area contributed by atoms with Crippen molar-refractivity contribution in [3.8, 4) is 0 Å². The van der Waals surface area contributed by atoms with Crippen LogP contribution in [0.3, 0.4) is 0 Å². The zero-order valence-corrected chi connectivity index (χ0v) is 14.5. The summed E-state index contributed by atoms with van der Waals surface area (Å²) in [4.78, 5) is 29.2. The predicted molar refractivity (Wildman–Crippen MR) is 95.1 cm³/mol. The van der Waals surface area contributed by atoms with E-state index in [1.165, 1.54) is 0 Å². The first kappa shape index (κ1) is 16.7. The summed E-state index contributed by atoms with van der Waals surface area (Å²) in [6, 6.07) is 0.189. The van der Waals surface area contributed by atoms with Gasteiger partial charge in [0.2, 0.25) is 11.8 Å². The highest BCUT2D eigenvalue weighted by Gasteiger charge is 2.37. The van der Waals surface area contributed by atoms with Crippen LogP contribution in [-0.2, 0) is 9.59 Å². The second-order valence-corrected chi connectivity index (χ2v) is 6.91. The second-order valence-electron chi connectivity index (χ2n) is 6.91. The third-order valence-electron chi connectivity index (χ3n) is 5.45. The topological polar surface area (TPSA) is 40.6 Å². The lowest BCUT2D eigenvalue weighted by Crippen LogP contribution is -2.55. The Balaban J connectivity index is 1.72. The molecule has 0 saturated heterocycles. The number of rotatable bonds is 4. The van der Waals surface area contributed by atoms with Crippen LogP contribution in [0.4, 0.5) is 0 Å². The Labute approximate surface area is 144 Å². The molecule has 24 heavy (non-hydrogen) atoms. The molecule has 128 valence electrons. The normalized spacial score (nSPS) is 26.2. The first-order valence-electron chi connectivity index (χ1n) is 8.83. The Morgan fingerprint density at radius 3 is 1.38 bits per heavy atom. The van der Waals surface area contributed by atoms with Gasteiger partial charge in [-0.15, -0.1) is 0 Å². The Kier molecular flexibility index (Phi) is 5.03. The van der Waals surface area contributed by atoms with Gasteiger partial charge >= 0.3 is 0 Å². The van der Waals surface area contributed by atoms with Crippen LogP contribution in [0.5, 0.6) is 0 Å². The fourth-order valence-corrected chi connectivity index (χ4v) is 3.99. The molecule has 0 N–H and O–H groups in total. The van der Waals surface area contributed by atoms with Crippen molar-refractivity contribution in [1.29, 1.82) is 0 Å². The standard InChI is InChI=1S/C20H26N2O2/c1-21(19(23)15-9-3-4-10-15)17-13-7-8-14-18(17)22(2)20(24)16-11-5-6-12-16/h3-6,9-12,15-18H,7-8,13-14H2,1-2H3/t17-,18-/m1/s1. The number of allylic oxidation sites excluding steroid dienone is 4. The van der Waals surface area contributed by atoms with Crippen molar-refractivity contribution in [1.82, 2.24) is 9.80 Å². The summed E-state index contributed by atoms with van der Waals surface area (Å²) in [5.74, 6) is -0.0598. The highest BCUT2D eigenvalue weighted by molar-refractivity contribution is 5.84. The van der Waals surface area contributed by atoms with Crippen LogP contribution < -0.4 is 0 Å². The molecule has 0 aliphatic heterocycles. The molecule has 0 unspecified atom stereocenters. The average molecular weight is 326 g/mol. The van der Waals surface area contributed by atoms with E-state index in [2.05, 4.69) is 0 Å². The molecule has 0 aromatic heterocycles. The lowest BCUT2D eigenvalue weighted by molar-refractivity contribution is -0.141. The van der Waals surface area contributed by atoms with E-state index in [1.807, 2.05) is 72.5 Å². The average Bonchev–Trinajstić information content (AvgIpc) is 3.32. The molecule has 3 aliphatic carbocycles. The first-order valence-corrected chi connectivity index (χ1v) is 8.83. The summed E-state index contributed by atoms with van der Waals surface area (Å²) in [7, 11) is 3.78. The second kappa shape index (κ2) is 7.20. The molecule has 1 fully saturated rings. The fraction of sp³-hybridized carbons (Fsp3) is 0.500. The summed E-state index contributed by atoms with van der Waals surface area (Å²) in [6.45, 7) is 0. The molecule has 2 atom stereocenters. The molecule has 0 aromatic rings. The van der Waals surface area contributed by atoms with Gasteiger partial charge in [-0.3, -0.25) is 9.59 Å².